The summed E-state index contributed by atoms with van der Waals surface area (Å²) in [6.07, 6.45) is 17.1. The van der Waals surface area contributed by atoms with Crippen LogP contribution in [0.5, 0.6) is 0 Å². The molecule has 0 spiro atoms. The Balaban J connectivity index is 1.13. The summed E-state index contributed by atoms with van der Waals surface area (Å²) < 4.78 is 12.6. The van der Waals surface area contributed by atoms with Crippen LogP contribution >= 0.6 is 0 Å². The number of nitrogens with zero attached hydrogens (tertiary/aromatic N) is 2. The van der Waals surface area contributed by atoms with Gasteiger partial charge in [-0.2, -0.15) is 0 Å². The van der Waals surface area contributed by atoms with Crippen LogP contribution < -0.4 is 5.56 Å². The molecule has 8 nitrogen and oxygen atoms in total. The van der Waals surface area contributed by atoms with E-state index in [0.29, 0.717) is 17.8 Å². The Hall–Kier alpha value is -3.52. The Morgan fingerprint density at radius 3 is 2.15 bits per heavy atom. The molecule has 3 aromatic rings. The minimum Gasteiger partial charge on any atom is -0.420 e. The maximum Gasteiger partial charge on any atom is 0.346 e. The van der Waals surface area contributed by atoms with Gasteiger partial charge in [-0.3, -0.25) is 9.59 Å². The zero-order chi connectivity index (χ0) is 32.5. The average molecular weight is 631 g/mol. The van der Waals surface area contributed by atoms with Crippen molar-refractivity contribution >= 4 is 22.8 Å². The molecule has 46 heavy (non-hydrogen) atoms. The molecule has 0 saturated heterocycles. The number of aromatic nitrogens is 2. The molecule has 2 aliphatic rings. The topological polar surface area (TPSA) is 108 Å². The lowest BCUT2D eigenvalue weighted by molar-refractivity contribution is -0.211. The molecular formula is C38H50N2O6. The Kier molecular flexibility index (Phi) is 11.7. The van der Waals surface area contributed by atoms with Gasteiger partial charge in [0.1, 0.15) is 5.56 Å². The third-order valence-corrected chi connectivity index (χ3v) is 9.68. The number of esters is 2. The van der Waals surface area contributed by atoms with Crippen molar-refractivity contribution in [1.29, 1.82) is 0 Å². The van der Waals surface area contributed by atoms with Gasteiger partial charge >= 0.3 is 11.9 Å². The fraction of sp³-hybridized carbons (Fsp3) is 0.579. The van der Waals surface area contributed by atoms with Crippen LogP contribution in [0.2, 0.25) is 0 Å². The second kappa shape index (κ2) is 15.9. The van der Waals surface area contributed by atoms with Crippen LogP contribution in [0.4, 0.5) is 0 Å². The first-order valence-electron chi connectivity index (χ1n) is 17.7. The number of rotatable bonds is 18. The predicted octanol–water partition coefficient (Wildman–Crippen LogP) is 8.38. The minimum absolute atomic E-state index is 0.000472. The van der Waals surface area contributed by atoms with Crippen LogP contribution in [0.3, 0.4) is 0 Å². The lowest BCUT2D eigenvalue weighted by atomic mass is 9.85. The molecule has 0 radical (unpaired) electrons. The van der Waals surface area contributed by atoms with Gasteiger partial charge in [-0.1, -0.05) is 122 Å². The fourth-order valence-corrected chi connectivity index (χ4v) is 6.86. The molecule has 1 aromatic carbocycles. The highest BCUT2D eigenvalue weighted by Gasteiger charge is 2.50. The highest BCUT2D eigenvalue weighted by Crippen LogP contribution is 2.42. The highest BCUT2D eigenvalue weighted by molar-refractivity contribution is 5.86. The molecule has 5 rings (SSSR count). The summed E-state index contributed by atoms with van der Waals surface area (Å²) in [7, 11) is 0. The standard InChI is InChI=1S/C38H50N2O6/c1-3-5-6-7-8-9-10-11-12-13-14-15-16-17-18-23-32(41)45-36-33-29(38(44,4-2)37(43)46-36)25-31-34-28(26-40(31)35(33)42)24-27-21-19-20-22-30(27)39-34/h19-22,24-25,36,44H,3-18,23,26H2,1-2H3/t36?,38-/m0/s1. The zero-order valence-electron chi connectivity index (χ0n) is 27.7. The van der Waals surface area contributed by atoms with Crippen molar-refractivity contribution in [2.75, 3.05) is 0 Å². The number of hydrogen-bond donors (Lipinski definition) is 1. The number of pyridine rings is 2. The number of benzene rings is 1. The average Bonchev–Trinajstić information content (AvgIpc) is 3.41. The quantitative estimate of drug-likeness (QED) is 0.0869. The van der Waals surface area contributed by atoms with E-state index in [2.05, 4.69) is 6.92 Å². The van der Waals surface area contributed by atoms with Gasteiger partial charge in [0.15, 0.2) is 5.60 Å². The lowest BCUT2D eigenvalue weighted by Crippen LogP contribution is -2.47. The third kappa shape index (κ3) is 7.54. The van der Waals surface area contributed by atoms with Crippen molar-refractivity contribution < 1.29 is 24.2 Å². The smallest absolute Gasteiger partial charge is 0.346 e. The summed E-state index contributed by atoms with van der Waals surface area (Å²) in [5.41, 5.74) is 0.444. The molecule has 2 atom stereocenters. The number of ether oxygens (including phenoxy) is 2. The van der Waals surface area contributed by atoms with Crippen LogP contribution in [-0.2, 0) is 31.2 Å². The number of aliphatic hydroxyl groups is 1. The van der Waals surface area contributed by atoms with Crippen molar-refractivity contribution in [2.24, 2.45) is 0 Å². The molecule has 1 N–H and O–H groups in total. The van der Waals surface area contributed by atoms with Gasteiger partial charge in [0.2, 0.25) is 0 Å². The maximum atomic E-state index is 13.9. The Morgan fingerprint density at radius 1 is 0.913 bits per heavy atom. The molecular weight excluding hydrogens is 580 g/mol. The number of carbonyl (C=O) groups is 2. The van der Waals surface area contributed by atoms with Crippen LogP contribution in [0, 0.1) is 0 Å². The molecule has 2 aliphatic heterocycles. The molecule has 1 unspecified atom stereocenters. The van der Waals surface area contributed by atoms with E-state index in [4.69, 9.17) is 14.5 Å². The normalized spacial score (nSPS) is 18.2. The number of para-hydroxylation sites is 1. The van der Waals surface area contributed by atoms with Crippen molar-refractivity contribution in [3.8, 4) is 11.4 Å². The van der Waals surface area contributed by atoms with Crippen molar-refractivity contribution in [2.45, 2.75) is 141 Å². The van der Waals surface area contributed by atoms with Gasteiger partial charge in [-0.05, 0) is 31.0 Å². The van der Waals surface area contributed by atoms with Crippen LogP contribution in [0.15, 0.2) is 41.2 Å². The first-order chi connectivity index (χ1) is 22.4. The maximum absolute atomic E-state index is 13.9. The molecule has 8 heteroatoms. The van der Waals surface area contributed by atoms with E-state index >= 15 is 0 Å². The number of hydrogen-bond acceptors (Lipinski definition) is 7. The lowest BCUT2D eigenvalue weighted by Gasteiger charge is -2.35. The number of fused-ring (bicyclic) bond motifs is 5. The molecule has 248 valence electrons. The van der Waals surface area contributed by atoms with E-state index in [1.807, 2.05) is 30.3 Å². The van der Waals surface area contributed by atoms with Gasteiger partial charge in [0.25, 0.3) is 11.8 Å². The minimum atomic E-state index is -2.03. The summed E-state index contributed by atoms with van der Waals surface area (Å²) >= 11 is 0. The van der Waals surface area contributed by atoms with Crippen LogP contribution in [-0.4, -0.2) is 26.6 Å². The number of unbranched alkanes of at least 4 members (excludes halogenated alkanes) is 14. The van der Waals surface area contributed by atoms with Gasteiger partial charge in [-0.25, -0.2) is 9.78 Å². The number of carbonyl (C=O) groups excluding carboxylic acids is 2. The second-order valence-electron chi connectivity index (χ2n) is 13.1. The van der Waals surface area contributed by atoms with Crippen molar-refractivity contribution in [3.05, 3.63) is 63.4 Å². The summed E-state index contributed by atoms with van der Waals surface area (Å²) in [5, 5.41) is 12.4. The van der Waals surface area contributed by atoms with Gasteiger partial charge in [0.05, 0.1) is 23.4 Å². The zero-order valence-corrected chi connectivity index (χ0v) is 27.7. The van der Waals surface area contributed by atoms with E-state index in [1.54, 1.807) is 17.6 Å². The SMILES string of the molecule is CCCCCCCCCCCCCCCCCC(=O)OC1OC(=O)[C@](O)(CC)c2cc3n(c(=O)c21)Cc1cc2ccccc2nc1-3. The summed E-state index contributed by atoms with van der Waals surface area (Å²) in [6, 6.07) is 11.4. The molecule has 0 amide bonds. The molecule has 0 fully saturated rings. The summed E-state index contributed by atoms with van der Waals surface area (Å²) in [6.45, 7) is 4.19. The molecule has 0 bridgehead atoms. The fourth-order valence-electron chi connectivity index (χ4n) is 6.86. The summed E-state index contributed by atoms with van der Waals surface area (Å²) in [4.78, 5) is 44.6. The first kappa shape index (κ1) is 33.8. The molecule has 0 aliphatic carbocycles. The largest absolute Gasteiger partial charge is 0.420 e. The molecule has 2 aromatic heterocycles. The second-order valence-corrected chi connectivity index (χ2v) is 13.1. The Morgan fingerprint density at radius 2 is 1.52 bits per heavy atom. The van der Waals surface area contributed by atoms with E-state index < -0.39 is 29.4 Å². The van der Waals surface area contributed by atoms with Crippen molar-refractivity contribution in [3.63, 3.8) is 0 Å². The first-order valence-corrected chi connectivity index (χ1v) is 17.7. The monoisotopic (exact) mass is 630 g/mol. The van der Waals surface area contributed by atoms with E-state index in [1.165, 1.54) is 70.6 Å². The van der Waals surface area contributed by atoms with Crippen LogP contribution in [0.1, 0.15) is 146 Å². The third-order valence-electron chi connectivity index (χ3n) is 9.68. The molecule has 4 heterocycles. The van der Waals surface area contributed by atoms with Crippen molar-refractivity contribution in [1.82, 2.24) is 9.55 Å². The van der Waals surface area contributed by atoms with E-state index in [9.17, 15) is 19.5 Å². The predicted molar refractivity (Wildman–Crippen MR) is 179 cm³/mol. The van der Waals surface area contributed by atoms with Gasteiger partial charge in [-0.15, -0.1) is 0 Å². The number of cyclic esters (lactones) is 1. The highest BCUT2D eigenvalue weighted by atomic mass is 16.7. The molecule has 0 saturated carbocycles. The van der Waals surface area contributed by atoms with Gasteiger partial charge < -0.3 is 19.1 Å². The van der Waals surface area contributed by atoms with E-state index in [0.717, 1.165) is 35.7 Å². The Bertz CT molecular complexity index is 1580. The summed E-state index contributed by atoms with van der Waals surface area (Å²) in [5.74, 6) is -1.46. The Labute approximate surface area is 272 Å². The van der Waals surface area contributed by atoms with Crippen LogP contribution in [0.25, 0.3) is 22.3 Å². The van der Waals surface area contributed by atoms with E-state index in [-0.39, 0.29) is 30.5 Å². The van der Waals surface area contributed by atoms with Gasteiger partial charge in [0, 0.05) is 22.9 Å².